The van der Waals surface area contributed by atoms with Crippen molar-refractivity contribution in [1.29, 1.82) is 0 Å². The van der Waals surface area contributed by atoms with Crippen LogP contribution in [0.1, 0.15) is 32.0 Å². The summed E-state index contributed by atoms with van der Waals surface area (Å²) < 4.78 is 4.23. The third kappa shape index (κ3) is 2.82. The second kappa shape index (κ2) is 5.12. The molecule has 0 aromatic carbocycles. The fourth-order valence-electron chi connectivity index (χ4n) is 1.91. The molecule has 1 aromatic rings. The number of aryl methyl sites for hydroxylation is 1. The second-order valence-corrected chi connectivity index (χ2v) is 5.27. The Morgan fingerprint density at radius 2 is 2.40 bits per heavy atom. The van der Waals surface area contributed by atoms with E-state index in [0.29, 0.717) is 11.3 Å². The van der Waals surface area contributed by atoms with Crippen molar-refractivity contribution in [2.45, 2.75) is 38.0 Å². The average Bonchev–Trinajstić information content (AvgIpc) is 2.84. The van der Waals surface area contributed by atoms with Gasteiger partial charge in [0.25, 0.3) is 0 Å². The van der Waals surface area contributed by atoms with Crippen LogP contribution in [0.4, 0.5) is 5.13 Å². The van der Waals surface area contributed by atoms with Gasteiger partial charge in [0.05, 0.1) is 0 Å². The highest BCUT2D eigenvalue weighted by molar-refractivity contribution is 7.09. The van der Waals surface area contributed by atoms with E-state index < -0.39 is 0 Å². The van der Waals surface area contributed by atoms with Crippen molar-refractivity contribution >= 4 is 28.3 Å². The lowest BCUT2D eigenvalue weighted by Gasteiger charge is -2.13. The van der Waals surface area contributed by atoms with Crippen molar-refractivity contribution in [3.8, 4) is 0 Å². The number of alkyl halides is 1. The molecule has 1 fully saturated rings. The molecule has 0 saturated heterocycles. The van der Waals surface area contributed by atoms with Crippen LogP contribution in [0.15, 0.2) is 0 Å². The van der Waals surface area contributed by atoms with Gasteiger partial charge in [0.15, 0.2) is 0 Å². The molecule has 0 radical (unpaired) electrons. The molecular formula is C10H16ClN3S. The predicted molar refractivity (Wildman–Crippen MR) is 64.8 cm³/mol. The van der Waals surface area contributed by atoms with Crippen molar-refractivity contribution in [2.75, 3.05) is 11.9 Å². The first-order chi connectivity index (χ1) is 7.29. The molecule has 1 aromatic heterocycles. The summed E-state index contributed by atoms with van der Waals surface area (Å²) in [6.07, 6.45) is 4.56. The normalized spacial score (nSPS) is 25.7. The number of aromatic nitrogens is 2. The Labute approximate surface area is 99.4 Å². The molecule has 5 heteroatoms. The van der Waals surface area contributed by atoms with Crippen LogP contribution in [0.2, 0.25) is 0 Å². The second-order valence-electron chi connectivity index (χ2n) is 3.96. The van der Waals surface area contributed by atoms with Crippen molar-refractivity contribution in [1.82, 2.24) is 9.36 Å². The molecule has 1 aliphatic carbocycles. The Hall–Kier alpha value is -0.350. The number of rotatable bonds is 4. The minimum Gasteiger partial charge on any atom is -0.360 e. The number of hydrogen-bond acceptors (Lipinski definition) is 4. The van der Waals surface area contributed by atoms with E-state index in [9.17, 15) is 0 Å². The number of hydrogen-bond donors (Lipinski definition) is 1. The van der Waals surface area contributed by atoms with Gasteiger partial charge in [0, 0.05) is 29.9 Å². The summed E-state index contributed by atoms with van der Waals surface area (Å²) in [6, 6.07) is 0. The SMILES string of the molecule is CCc1nsc(NCC2CCCC2Cl)n1. The van der Waals surface area contributed by atoms with Gasteiger partial charge in [-0.05, 0) is 18.8 Å². The van der Waals surface area contributed by atoms with Crippen LogP contribution in [0, 0.1) is 5.92 Å². The van der Waals surface area contributed by atoms with Gasteiger partial charge in [-0.1, -0.05) is 13.3 Å². The first-order valence-electron chi connectivity index (χ1n) is 5.50. The summed E-state index contributed by atoms with van der Waals surface area (Å²) >= 11 is 7.65. The van der Waals surface area contributed by atoms with Gasteiger partial charge in [-0.2, -0.15) is 4.37 Å². The fourth-order valence-corrected chi connectivity index (χ4v) is 2.93. The van der Waals surface area contributed by atoms with Crippen molar-refractivity contribution in [3.63, 3.8) is 0 Å². The molecule has 0 spiro atoms. The molecule has 1 N–H and O–H groups in total. The molecule has 84 valence electrons. The van der Waals surface area contributed by atoms with Gasteiger partial charge < -0.3 is 5.32 Å². The lowest BCUT2D eigenvalue weighted by molar-refractivity contribution is 0.586. The van der Waals surface area contributed by atoms with Crippen molar-refractivity contribution in [3.05, 3.63) is 5.82 Å². The van der Waals surface area contributed by atoms with E-state index in [1.54, 1.807) is 0 Å². The molecule has 1 saturated carbocycles. The van der Waals surface area contributed by atoms with Crippen LogP contribution in [-0.4, -0.2) is 21.3 Å². The highest BCUT2D eigenvalue weighted by Crippen LogP contribution is 2.30. The third-order valence-electron chi connectivity index (χ3n) is 2.87. The highest BCUT2D eigenvalue weighted by atomic mass is 35.5. The monoisotopic (exact) mass is 245 g/mol. The van der Waals surface area contributed by atoms with Crippen LogP contribution in [0.3, 0.4) is 0 Å². The smallest absolute Gasteiger partial charge is 0.202 e. The lowest BCUT2D eigenvalue weighted by Crippen LogP contribution is -2.18. The summed E-state index contributed by atoms with van der Waals surface area (Å²) in [6.45, 7) is 3.00. The standard InChI is InChI=1S/C10H16ClN3S/c1-2-9-13-10(15-14-9)12-6-7-4-3-5-8(7)11/h7-8H,2-6H2,1H3,(H,12,13,14). The first kappa shape index (κ1) is 11.1. The summed E-state index contributed by atoms with van der Waals surface area (Å²) in [5.41, 5.74) is 0. The molecule has 2 rings (SSSR count). The Morgan fingerprint density at radius 3 is 3.00 bits per heavy atom. The van der Waals surface area contributed by atoms with E-state index in [4.69, 9.17) is 11.6 Å². The summed E-state index contributed by atoms with van der Waals surface area (Å²) in [5, 5.41) is 4.61. The Bertz CT molecular complexity index is 315. The van der Waals surface area contributed by atoms with Crippen LogP contribution in [-0.2, 0) is 6.42 Å². The summed E-state index contributed by atoms with van der Waals surface area (Å²) in [5.74, 6) is 1.52. The molecular weight excluding hydrogens is 230 g/mol. The lowest BCUT2D eigenvalue weighted by atomic mass is 10.1. The molecule has 1 aliphatic rings. The average molecular weight is 246 g/mol. The minimum absolute atomic E-state index is 0.344. The molecule has 0 aliphatic heterocycles. The van der Waals surface area contributed by atoms with Crippen LogP contribution >= 0.6 is 23.1 Å². The summed E-state index contributed by atoms with van der Waals surface area (Å²) in [4.78, 5) is 4.37. The molecule has 0 amide bonds. The quantitative estimate of drug-likeness (QED) is 0.829. The Morgan fingerprint density at radius 1 is 1.53 bits per heavy atom. The molecule has 1 heterocycles. The topological polar surface area (TPSA) is 37.8 Å². The predicted octanol–water partition coefficient (Wildman–Crippen LogP) is 2.92. The van der Waals surface area contributed by atoms with E-state index in [-0.39, 0.29) is 0 Å². The van der Waals surface area contributed by atoms with Gasteiger partial charge in [-0.25, -0.2) is 4.98 Å². The molecule has 15 heavy (non-hydrogen) atoms. The largest absolute Gasteiger partial charge is 0.360 e. The van der Waals surface area contributed by atoms with Crippen molar-refractivity contribution in [2.24, 2.45) is 5.92 Å². The van der Waals surface area contributed by atoms with E-state index in [2.05, 4.69) is 21.6 Å². The van der Waals surface area contributed by atoms with E-state index in [1.807, 2.05) is 0 Å². The van der Waals surface area contributed by atoms with Crippen LogP contribution in [0.25, 0.3) is 0 Å². The third-order valence-corrected chi connectivity index (χ3v) is 4.15. The summed E-state index contributed by atoms with van der Waals surface area (Å²) in [7, 11) is 0. The zero-order chi connectivity index (χ0) is 10.7. The molecule has 2 atom stereocenters. The number of halogens is 1. The van der Waals surface area contributed by atoms with E-state index >= 15 is 0 Å². The van der Waals surface area contributed by atoms with Gasteiger partial charge in [-0.15, -0.1) is 11.6 Å². The molecule has 0 bridgehead atoms. The van der Waals surface area contributed by atoms with Gasteiger partial charge in [-0.3, -0.25) is 0 Å². The maximum Gasteiger partial charge on any atom is 0.202 e. The zero-order valence-corrected chi connectivity index (χ0v) is 10.4. The Balaban J connectivity index is 1.82. The van der Waals surface area contributed by atoms with Crippen molar-refractivity contribution < 1.29 is 0 Å². The fraction of sp³-hybridized carbons (Fsp3) is 0.800. The van der Waals surface area contributed by atoms with Crippen LogP contribution in [0.5, 0.6) is 0 Å². The number of nitrogens with zero attached hydrogens (tertiary/aromatic N) is 2. The highest BCUT2D eigenvalue weighted by Gasteiger charge is 2.25. The number of anilines is 1. The minimum atomic E-state index is 0.344. The zero-order valence-electron chi connectivity index (χ0n) is 8.87. The molecule has 3 nitrogen and oxygen atoms in total. The maximum atomic E-state index is 6.20. The van der Waals surface area contributed by atoms with E-state index in [1.165, 1.54) is 24.4 Å². The molecule has 2 unspecified atom stereocenters. The Kier molecular flexibility index (Phi) is 3.81. The van der Waals surface area contributed by atoms with Gasteiger partial charge in [0.2, 0.25) is 5.13 Å². The van der Waals surface area contributed by atoms with E-state index in [0.717, 1.165) is 30.3 Å². The van der Waals surface area contributed by atoms with Crippen LogP contribution < -0.4 is 5.32 Å². The van der Waals surface area contributed by atoms with Gasteiger partial charge >= 0.3 is 0 Å². The van der Waals surface area contributed by atoms with Gasteiger partial charge in [0.1, 0.15) is 5.82 Å². The number of nitrogens with one attached hydrogen (secondary N) is 1. The first-order valence-corrected chi connectivity index (χ1v) is 6.71. The maximum absolute atomic E-state index is 6.20.